The van der Waals surface area contributed by atoms with E-state index in [4.69, 9.17) is 5.73 Å². The average Bonchev–Trinajstić information content (AvgIpc) is 3.10. The maximum atomic E-state index is 12.8. The number of para-hydroxylation sites is 1. The minimum Gasteiger partial charge on any atom is -0.368 e. The number of primary amides is 1. The Labute approximate surface area is 145 Å². The molecule has 2 heterocycles. The first kappa shape index (κ1) is 16.9. The molecule has 0 bridgehead atoms. The lowest BCUT2D eigenvalue weighted by Gasteiger charge is -2.24. The molecule has 1 aliphatic heterocycles. The first-order valence-corrected chi connectivity index (χ1v) is 8.24. The molecule has 7 heteroatoms. The number of aromatic nitrogens is 1. The molecule has 1 saturated heterocycles. The molecule has 0 unspecified atom stereocenters. The molecule has 0 aliphatic carbocycles. The molecular weight excluding hydrogens is 320 g/mol. The van der Waals surface area contributed by atoms with E-state index in [-0.39, 0.29) is 11.8 Å². The zero-order chi connectivity index (χ0) is 18.0. The number of nitrogens with one attached hydrogen (secondary N) is 1. The second kappa shape index (κ2) is 6.88. The highest BCUT2D eigenvalue weighted by atomic mass is 16.2. The van der Waals surface area contributed by atoms with Crippen LogP contribution in [-0.2, 0) is 9.59 Å². The van der Waals surface area contributed by atoms with E-state index in [1.54, 1.807) is 6.07 Å². The molecule has 2 atom stereocenters. The Morgan fingerprint density at radius 1 is 1.24 bits per heavy atom. The monoisotopic (exact) mass is 340 g/mol. The standard InChI is InChI=1S/C18H20N4O3/c1-11(16(19)23)20-17(24)15-7-4-10-22(15)18(25)14-9-8-12-5-2-3-6-13(12)21-14/h2-3,5-6,8-9,11,15H,4,7,10H2,1H3,(H2,19,23)(H,20,24)/t11-,15-/m0/s1. The molecule has 1 aliphatic rings. The molecule has 1 aromatic heterocycles. The predicted molar refractivity (Wildman–Crippen MR) is 92.6 cm³/mol. The van der Waals surface area contributed by atoms with E-state index in [0.717, 1.165) is 17.3 Å². The van der Waals surface area contributed by atoms with Crippen LogP contribution in [0.3, 0.4) is 0 Å². The van der Waals surface area contributed by atoms with Crippen LogP contribution in [0.15, 0.2) is 36.4 Å². The zero-order valence-electron chi connectivity index (χ0n) is 13.9. The Hall–Kier alpha value is -2.96. The molecule has 0 spiro atoms. The number of amides is 3. The number of rotatable bonds is 4. The molecular formula is C18H20N4O3. The van der Waals surface area contributed by atoms with E-state index in [1.165, 1.54) is 11.8 Å². The van der Waals surface area contributed by atoms with E-state index >= 15 is 0 Å². The Bertz CT molecular complexity index is 836. The van der Waals surface area contributed by atoms with Gasteiger partial charge in [0.1, 0.15) is 17.8 Å². The SMILES string of the molecule is C[C@H](NC(=O)[C@@H]1CCCN1C(=O)c1ccc2ccccc2n1)C(N)=O. The summed E-state index contributed by atoms with van der Waals surface area (Å²) >= 11 is 0. The van der Waals surface area contributed by atoms with Gasteiger partial charge in [-0.25, -0.2) is 4.98 Å². The van der Waals surface area contributed by atoms with Crippen LogP contribution in [0.5, 0.6) is 0 Å². The van der Waals surface area contributed by atoms with Gasteiger partial charge in [-0.15, -0.1) is 0 Å². The molecule has 7 nitrogen and oxygen atoms in total. The lowest BCUT2D eigenvalue weighted by molar-refractivity contribution is -0.129. The van der Waals surface area contributed by atoms with Crippen molar-refractivity contribution < 1.29 is 14.4 Å². The number of nitrogens with two attached hydrogens (primary N) is 1. The minimum atomic E-state index is -0.774. The number of nitrogens with zero attached hydrogens (tertiary/aromatic N) is 2. The van der Waals surface area contributed by atoms with Gasteiger partial charge in [0.2, 0.25) is 11.8 Å². The highest BCUT2D eigenvalue weighted by Gasteiger charge is 2.35. The third-order valence-corrected chi connectivity index (χ3v) is 4.42. The number of fused-ring (bicyclic) bond motifs is 1. The van der Waals surface area contributed by atoms with Gasteiger partial charge in [0.15, 0.2) is 0 Å². The van der Waals surface area contributed by atoms with Crippen LogP contribution < -0.4 is 11.1 Å². The van der Waals surface area contributed by atoms with Crippen LogP contribution in [0.4, 0.5) is 0 Å². The Kier molecular flexibility index (Phi) is 4.65. The van der Waals surface area contributed by atoms with Crippen molar-refractivity contribution in [2.45, 2.75) is 31.8 Å². The van der Waals surface area contributed by atoms with Gasteiger partial charge in [0.05, 0.1) is 5.52 Å². The summed E-state index contributed by atoms with van der Waals surface area (Å²) in [7, 11) is 0. The van der Waals surface area contributed by atoms with Crippen LogP contribution in [0.2, 0.25) is 0 Å². The molecule has 1 aromatic carbocycles. The summed E-state index contributed by atoms with van der Waals surface area (Å²) in [4.78, 5) is 42.3. The van der Waals surface area contributed by atoms with Crippen LogP contribution in [0.25, 0.3) is 10.9 Å². The molecule has 0 radical (unpaired) electrons. The predicted octanol–water partition coefficient (Wildman–Crippen LogP) is 0.829. The van der Waals surface area contributed by atoms with Crippen LogP contribution >= 0.6 is 0 Å². The maximum absolute atomic E-state index is 12.8. The second-order valence-electron chi connectivity index (χ2n) is 6.18. The third-order valence-electron chi connectivity index (χ3n) is 4.42. The molecule has 1 fully saturated rings. The number of hydrogen-bond acceptors (Lipinski definition) is 4. The summed E-state index contributed by atoms with van der Waals surface area (Å²) < 4.78 is 0. The summed E-state index contributed by atoms with van der Waals surface area (Å²) in [5.41, 5.74) is 6.22. The number of hydrogen-bond donors (Lipinski definition) is 2. The molecule has 2 aromatic rings. The van der Waals surface area contributed by atoms with Crippen LogP contribution in [0, 0.1) is 0 Å². The van der Waals surface area contributed by atoms with Crippen molar-refractivity contribution in [1.82, 2.24) is 15.2 Å². The van der Waals surface area contributed by atoms with Gasteiger partial charge in [0.25, 0.3) is 5.91 Å². The van der Waals surface area contributed by atoms with Gasteiger partial charge in [-0.2, -0.15) is 0 Å². The Morgan fingerprint density at radius 3 is 2.76 bits per heavy atom. The van der Waals surface area contributed by atoms with E-state index in [1.807, 2.05) is 30.3 Å². The second-order valence-corrected chi connectivity index (χ2v) is 6.18. The highest BCUT2D eigenvalue weighted by molar-refractivity contribution is 5.98. The van der Waals surface area contributed by atoms with E-state index in [2.05, 4.69) is 10.3 Å². The van der Waals surface area contributed by atoms with Gasteiger partial charge >= 0.3 is 0 Å². The zero-order valence-corrected chi connectivity index (χ0v) is 13.9. The van der Waals surface area contributed by atoms with Gasteiger partial charge in [-0.1, -0.05) is 24.3 Å². The Balaban J connectivity index is 1.79. The van der Waals surface area contributed by atoms with Crippen molar-refractivity contribution >= 4 is 28.6 Å². The molecule has 130 valence electrons. The largest absolute Gasteiger partial charge is 0.368 e. The quantitative estimate of drug-likeness (QED) is 0.860. The van der Waals surface area contributed by atoms with Gasteiger partial charge in [-0.3, -0.25) is 14.4 Å². The first-order valence-electron chi connectivity index (χ1n) is 8.24. The Morgan fingerprint density at radius 2 is 2.00 bits per heavy atom. The summed E-state index contributed by atoms with van der Waals surface area (Å²) in [6, 6.07) is 9.67. The van der Waals surface area contributed by atoms with Crippen molar-refractivity contribution in [3.05, 3.63) is 42.1 Å². The van der Waals surface area contributed by atoms with Crippen molar-refractivity contribution in [1.29, 1.82) is 0 Å². The van der Waals surface area contributed by atoms with E-state index in [0.29, 0.717) is 18.7 Å². The van der Waals surface area contributed by atoms with Gasteiger partial charge < -0.3 is 16.0 Å². The molecule has 25 heavy (non-hydrogen) atoms. The fraction of sp³-hybridized carbons (Fsp3) is 0.333. The topological polar surface area (TPSA) is 105 Å². The number of pyridine rings is 1. The fourth-order valence-electron chi connectivity index (χ4n) is 3.00. The van der Waals surface area contributed by atoms with Gasteiger partial charge in [0, 0.05) is 11.9 Å². The molecule has 3 rings (SSSR count). The van der Waals surface area contributed by atoms with Crippen molar-refractivity contribution in [2.24, 2.45) is 5.73 Å². The highest BCUT2D eigenvalue weighted by Crippen LogP contribution is 2.21. The number of benzene rings is 1. The van der Waals surface area contributed by atoms with Crippen molar-refractivity contribution in [3.8, 4) is 0 Å². The van der Waals surface area contributed by atoms with Gasteiger partial charge in [-0.05, 0) is 31.9 Å². The maximum Gasteiger partial charge on any atom is 0.273 e. The molecule has 3 amide bonds. The molecule has 0 saturated carbocycles. The lowest BCUT2D eigenvalue weighted by atomic mass is 10.1. The van der Waals surface area contributed by atoms with Crippen molar-refractivity contribution in [3.63, 3.8) is 0 Å². The number of carbonyl (C=O) groups excluding carboxylic acids is 3. The van der Waals surface area contributed by atoms with E-state index < -0.39 is 18.0 Å². The number of carbonyl (C=O) groups is 3. The van der Waals surface area contributed by atoms with E-state index in [9.17, 15) is 14.4 Å². The third kappa shape index (κ3) is 3.45. The summed E-state index contributed by atoms with van der Waals surface area (Å²) in [6.07, 6.45) is 1.28. The summed E-state index contributed by atoms with van der Waals surface area (Å²) in [6.45, 7) is 2.00. The van der Waals surface area contributed by atoms with Crippen LogP contribution in [0.1, 0.15) is 30.3 Å². The minimum absolute atomic E-state index is 0.282. The van der Waals surface area contributed by atoms with Crippen LogP contribution in [-0.4, -0.2) is 46.2 Å². The summed E-state index contributed by atoms with van der Waals surface area (Å²) in [5.74, 6) is -1.26. The summed E-state index contributed by atoms with van der Waals surface area (Å²) in [5, 5.41) is 3.51. The number of likely N-dealkylation sites (tertiary alicyclic amines) is 1. The van der Waals surface area contributed by atoms with Crippen molar-refractivity contribution in [2.75, 3.05) is 6.54 Å². The normalized spacial score (nSPS) is 18.1. The molecule has 3 N–H and O–H groups in total. The first-order chi connectivity index (χ1) is 12.0. The smallest absolute Gasteiger partial charge is 0.273 e. The fourth-order valence-corrected chi connectivity index (χ4v) is 3.00. The lowest BCUT2D eigenvalue weighted by Crippen LogP contribution is -2.51. The average molecular weight is 340 g/mol.